The van der Waals surface area contributed by atoms with Crippen LogP contribution >= 0.6 is 11.8 Å². The summed E-state index contributed by atoms with van der Waals surface area (Å²) in [6.07, 6.45) is -2.73. The molecule has 0 atom stereocenters. The number of hydrogen-bond donors (Lipinski definition) is 3. The van der Waals surface area contributed by atoms with Gasteiger partial charge in [0.05, 0.1) is 16.9 Å². The Labute approximate surface area is 210 Å². The van der Waals surface area contributed by atoms with E-state index in [1.165, 1.54) is 23.9 Å². The van der Waals surface area contributed by atoms with Gasteiger partial charge in [-0.25, -0.2) is 9.97 Å². The molecule has 0 radical (unpaired) electrons. The van der Waals surface area contributed by atoms with Crippen molar-refractivity contribution in [3.63, 3.8) is 0 Å². The Balaban J connectivity index is 1.29. The van der Waals surface area contributed by atoms with Crippen molar-refractivity contribution in [1.82, 2.24) is 9.97 Å². The number of halogens is 3. The van der Waals surface area contributed by atoms with E-state index in [9.17, 15) is 18.0 Å². The summed E-state index contributed by atoms with van der Waals surface area (Å²) >= 11 is 1.43. The molecule has 1 aromatic heterocycles. The van der Waals surface area contributed by atoms with Gasteiger partial charge in [0.2, 0.25) is 0 Å². The van der Waals surface area contributed by atoms with E-state index in [2.05, 4.69) is 20.6 Å². The molecule has 1 amide bonds. The lowest BCUT2D eigenvalue weighted by Crippen LogP contribution is -2.13. The van der Waals surface area contributed by atoms with Crippen molar-refractivity contribution in [3.05, 3.63) is 107 Å². The molecule has 184 valence electrons. The summed E-state index contributed by atoms with van der Waals surface area (Å²) in [6, 6.07) is 21.0. The van der Waals surface area contributed by atoms with E-state index in [1.54, 1.807) is 48.7 Å². The number of para-hydroxylation sites is 2. The molecule has 0 saturated carbocycles. The minimum absolute atomic E-state index is 0.248. The maximum atomic E-state index is 12.7. The number of hydrogen-bond acceptors (Lipinski definition) is 6. The Hall–Kier alpha value is -4.05. The van der Waals surface area contributed by atoms with Crippen molar-refractivity contribution in [2.24, 2.45) is 0 Å². The number of nitrogens with zero attached hydrogens (tertiary/aromatic N) is 2. The van der Waals surface area contributed by atoms with Gasteiger partial charge in [0, 0.05) is 24.1 Å². The van der Waals surface area contributed by atoms with Gasteiger partial charge in [-0.15, -0.1) is 0 Å². The van der Waals surface area contributed by atoms with Crippen LogP contribution in [0, 0.1) is 0 Å². The molecule has 3 aromatic carbocycles. The highest BCUT2D eigenvalue weighted by molar-refractivity contribution is 7.98. The molecule has 0 saturated heterocycles. The van der Waals surface area contributed by atoms with Crippen molar-refractivity contribution in [3.8, 4) is 0 Å². The van der Waals surface area contributed by atoms with Gasteiger partial charge in [-0.05, 0) is 53.6 Å². The summed E-state index contributed by atoms with van der Waals surface area (Å²) in [6.45, 7) is 0.331. The van der Waals surface area contributed by atoms with Crippen molar-refractivity contribution >= 4 is 34.9 Å². The summed E-state index contributed by atoms with van der Waals surface area (Å²) in [5, 5.41) is 6.45. The number of nitrogens with two attached hydrogens (primary N) is 1. The van der Waals surface area contributed by atoms with E-state index in [4.69, 9.17) is 5.73 Å². The Morgan fingerprint density at radius 1 is 0.917 bits per heavy atom. The molecule has 0 aliphatic rings. The van der Waals surface area contributed by atoms with E-state index in [-0.39, 0.29) is 5.91 Å². The zero-order valence-electron chi connectivity index (χ0n) is 18.9. The number of anilines is 3. The quantitative estimate of drug-likeness (QED) is 0.148. The number of rotatable bonds is 8. The fourth-order valence-electron chi connectivity index (χ4n) is 3.22. The SMILES string of the molecule is Nc1ccccc1NC(=O)c1ccc(CSc2nccc(NCc3ccc(C(F)(F)F)cc3)n2)cc1. The highest BCUT2D eigenvalue weighted by Crippen LogP contribution is 2.29. The van der Waals surface area contributed by atoms with Gasteiger partial charge in [0.1, 0.15) is 5.82 Å². The van der Waals surface area contributed by atoms with Crippen LogP contribution in [0.1, 0.15) is 27.0 Å². The molecule has 0 spiro atoms. The highest BCUT2D eigenvalue weighted by Gasteiger charge is 2.29. The van der Waals surface area contributed by atoms with Gasteiger partial charge >= 0.3 is 6.18 Å². The number of carbonyl (C=O) groups is 1. The van der Waals surface area contributed by atoms with Crippen LogP contribution in [0.4, 0.5) is 30.4 Å². The Morgan fingerprint density at radius 2 is 1.61 bits per heavy atom. The third kappa shape index (κ3) is 6.76. The fourth-order valence-corrected chi connectivity index (χ4v) is 4.01. The number of aromatic nitrogens is 2. The van der Waals surface area contributed by atoms with Crippen LogP contribution in [-0.2, 0) is 18.5 Å². The van der Waals surface area contributed by atoms with Crippen LogP contribution < -0.4 is 16.4 Å². The monoisotopic (exact) mass is 509 g/mol. The molecule has 0 aliphatic carbocycles. The van der Waals surface area contributed by atoms with E-state index >= 15 is 0 Å². The Kier molecular flexibility index (Phi) is 7.74. The number of thioether (sulfide) groups is 1. The Morgan fingerprint density at radius 3 is 2.31 bits per heavy atom. The molecule has 0 fully saturated rings. The molecule has 4 rings (SSSR count). The minimum atomic E-state index is -4.35. The van der Waals surface area contributed by atoms with Gasteiger partial charge in [0.15, 0.2) is 5.16 Å². The molecule has 0 aliphatic heterocycles. The smallest absolute Gasteiger partial charge is 0.397 e. The van der Waals surface area contributed by atoms with Crippen molar-refractivity contribution in [2.45, 2.75) is 23.6 Å². The van der Waals surface area contributed by atoms with Crippen LogP contribution in [0.2, 0.25) is 0 Å². The maximum Gasteiger partial charge on any atom is 0.416 e. The zero-order chi connectivity index (χ0) is 25.5. The lowest BCUT2D eigenvalue weighted by atomic mass is 10.1. The van der Waals surface area contributed by atoms with Crippen LogP contribution in [0.15, 0.2) is 90.2 Å². The second-order valence-corrected chi connectivity index (χ2v) is 8.74. The van der Waals surface area contributed by atoms with Gasteiger partial charge < -0.3 is 16.4 Å². The first kappa shape index (κ1) is 25.1. The predicted octanol–water partition coefficient (Wildman–Crippen LogP) is 6.23. The van der Waals surface area contributed by atoms with Crippen molar-refractivity contribution < 1.29 is 18.0 Å². The first-order valence-electron chi connectivity index (χ1n) is 10.9. The van der Waals surface area contributed by atoms with Crippen LogP contribution in [0.25, 0.3) is 0 Å². The lowest BCUT2D eigenvalue weighted by Gasteiger charge is -2.10. The van der Waals surface area contributed by atoms with Gasteiger partial charge in [-0.3, -0.25) is 4.79 Å². The summed E-state index contributed by atoms with van der Waals surface area (Å²) in [5.41, 5.74) is 8.45. The third-order valence-electron chi connectivity index (χ3n) is 5.18. The zero-order valence-corrected chi connectivity index (χ0v) is 19.7. The molecular weight excluding hydrogens is 487 g/mol. The largest absolute Gasteiger partial charge is 0.416 e. The maximum absolute atomic E-state index is 12.7. The Bertz CT molecular complexity index is 1330. The second-order valence-electron chi connectivity index (χ2n) is 7.80. The summed E-state index contributed by atoms with van der Waals surface area (Å²) < 4.78 is 38.1. The number of nitrogen functional groups attached to an aromatic ring is 1. The number of amides is 1. The van der Waals surface area contributed by atoms with Gasteiger partial charge in [-0.2, -0.15) is 13.2 Å². The normalized spacial score (nSPS) is 11.2. The third-order valence-corrected chi connectivity index (χ3v) is 6.11. The van der Waals surface area contributed by atoms with Crippen molar-refractivity contribution in [1.29, 1.82) is 0 Å². The summed E-state index contributed by atoms with van der Waals surface area (Å²) in [7, 11) is 0. The van der Waals surface area contributed by atoms with Crippen LogP contribution in [-0.4, -0.2) is 15.9 Å². The highest BCUT2D eigenvalue weighted by atomic mass is 32.2. The van der Waals surface area contributed by atoms with E-state index in [0.29, 0.717) is 45.8 Å². The molecule has 4 aromatic rings. The van der Waals surface area contributed by atoms with Gasteiger partial charge in [0.25, 0.3) is 5.91 Å². The summed E-state index contributed by atoms with van der Waals surface area (Å²) in [5.74, 6) is 0.914. The summed E-state index contributed by atoms with van der Waals surface area (Å²) in [4.78, 5) is 21.2. The molecular formula is C26H22F3N5OS. The molecule has 6 nitrogen and oxygen atoms in total. The average Bonchev–Trinajstić information content (AvgIpc) is 2.88. The standard InChI is InChI=1S/C26H22F3N5OS/c27-26(28,29)20-11-7-17(8-12-20)15-32-23-13-14-31-25(34-23)36-16-18-5-9-19(10-6-18)24(35)33-22-4-2-1-3-21(22)30/h1-14H,15-16,30H2,(H,33,35)(H,31,32,34). The number of carbonyl (C=O) groups excluding carboxylic acids is 1. The lowest BCUT2D eigenvalue weighted by molar-refractivity contribution is -0.137. The molecule has 4 N–H and O–H groups in total. The second kappa shape index (κ2) is 11.1. The average molecular weight is 510 g/mol. The minimum Gasteiger partial charge on any atom is -0.397 e. The predicted molar refractivity (Wildman–Crippen MR) is 136 cm³/mol. The first-order valence-corrected chi connectivity index (χ1v) is 11.9. The number of alkyl halides is 3. The number of nitrogens with one attached hydrogen (secondary N) is 2. The first-order chi connectivity index (χ1) is 17.3. The van der Waals surface area contributed by atoms with Gasteiger partial charge in [-0.1, -0.05) is 48.2 Å². The van der Waals surface area contributed by atoms with Crippen molar-refractivity contribution in [2.75, 3.05) is 16.4 Å². The van der Waals surface area contributed by atoms with Crippen LogP contribution in [0.5, 0.6) is 0 Å². The van der Waals surface area contributed by atoms with E-state index < -0.39 is 11.7 Å². The molecule has 36 heavy (non-hydrogen) atoms. The molecule has 10 heteroatoms. The molecule has 0 bridgehead atoms. The van der Waals surface area contributed by atoms with E-state index in [0.717, 1.165) is 17.7 Å². The topological polar surface area (TPSA) is 92.9 Å². The molecule has 1 heterocycles. The number of benzene rings is 3. The van der Waals surface area contributed by atoms with E-state index in [1.807, 2.05) is 12.1 Å². The fraction of sp³-hybridized carbons (Fsp3) is 0.115. The van der Waals surface area contributed by atoms with Crippen LogP contribution in [0.3, 0.4) is 0 Å². The molecule has 0 unspecified atom stereocenters.